The van der Waals surface area contributed by atoms with Crippen LogP contribution >= 0.6 is 0 Å². The molecule has 3 aromatic heterocycles. The van der Waals surface area contributed by atoms with Crippen LogP contribution in [-0.4, -0.2) is 32.3 Å². The lowest BCUT2D eigenvalue weighted by Crippen LogP contribution is -2.24. The normalized spacial score (nSPS) is 11.1. The second-order valence-electron chi connectivity index (χ2n) is 8.29. The van der Waals surface area contributed by atoms with Gasteiger partial charge in [0.15, 0.2) is 5.65 Å². The highest BCUT2D eigenvalue weighted by atomic mass is 16.5. The number of amides is 1. The topological polar surface area (TPSA) is 91.2 Å². The van der Waals surface area contributed by atoms with E-state index in [2.05, 4.69) is 27.3 Å². The number of hydrogen-bond acceptors (Lipinski definition) is 6. The van der Waals surface area contributed by atoms with Crippen LogP contribution in [0.4, 0.5) is 0 Å². The number of fused-ring (bicyclic) bond motifs is 1. The SMILES string of the molecule is CCCOc1ccc(Oc2ncccc2CNC(=O)c2cc3cnn(C(C)C)c3nc2C)cc1. The van der Waals surface area contributed by atoms with E-state index >= 15 is 0 Å². The first-order chi connectivity index (χ1) is 16.5. The van der Waals surface area contributed by atoms with Crippen molar-refractivity contribution in [1.82, 2.24) is 25.1 Å². The van der Waals surface area contributed by atoms with Gasteiger partial charge in [0.25, 0.3) is 5.91 Å². The second kappa shape index (κ2) is 10.3. The van der Waals surface area contributed by atoms with Crippen molar-refractivity contribution in [1.29, 1.82) is 0 Å². The molecule has 4 rings (SSSR count). The zero-order chi connectivity index (χ0) is 24.1. The molecule has 0 aliphatic rings. The van der Waals surface area contributed by atoms with Crippen molar-refractivity contribution in [2.24, 2.45) is 0 Å². The summed E-state index contributed by atoms with van der Waals surface area (Å²) in [6.07, 6.45) is 4.35. The van der Waals surface area contributed by atoms with E-state index in [1.54, 1.807) is 12.4 Å². The van der Waals surface area contributed by atoms with Crippen molar-refractivity contribution >= 4 is 16.9 Å². The van der Waals surface area contributed by atoms with Crippen molar-refractivity contribution in [3.8, 4) is 17.4 Å². The summed E-state index contributed by atoms with van der Waals surface area (Å²) in [4.78, 5) is 21.9. The maximum atomic E-state index is 13.0. The Morgan fingerprint density at radius 1 is 1.15 bits per heavy atom. The van der Waals surface area contributed by atoms with Crippen LogP contribution in [0, 0.1) is 6.92 Å². The van der Waals surface area contributed by atoms with Gasteiger partial charge in [0.2, 0.25) is 5.88 Å². The highest BCUT2D eigenvalue weighted by Crippen LogP contribution is 2.25. The van der Waals surface area contributed by atoms with Crippen molar-refractivity contribution < 1.29 is 14.3 Å². The van der Waals surface area contributed by atoms with E-state index in [0.29, 0.717) is 29.5 Å². The molecule has 1 amide bonds. The summed E-state index contributed by atoms with van der Waals surface area (Å²) >= 11 is 0. The lowest BCUT2D eigenvalue weighted by atomic mass is 10.1. The molecule has 0 saturated heterocycles. The zero-order valence-corrected chi connectivity index (χ0v) is 19.9. The minimum Gasteiger partial charge on any atom is -0.494 e. The van der Waals surface area contributed by atoms with E-state index < -0.39 is 0 Å². The molecule has 3 heterocycles. The van der Waals surface area contributed by atoms with Crippen molar-refractivity contribution in [3.63, 3.8) is 0 Å². The average Bonchev–Trinajstić information content (AvgIpc) is 3.25. The fourth-order valence-corrected chi connectivity index (χ4v) is 3.53. The summed E-state index contributed by atoms with van der Waals surface area (Å²) in [5.41, 5.74) is 2.71. The van der Waals surface area contributed by atoms with Gasteiger partial charge in [0.1, 0.15) is 11.5 Å². The molecule has 34 heavy (non-hydrogen) atoms. The molecule has 0 radical (unpaired) electrons. The van der Waals surface area contributed by atoms with Gasteiger partial charge >= 0.3 is 0 Å². The van der Waals surface area contributed by atoms with Crippen molar-refractivity contribution in [3.05, 3.63) is 71.7 Å². The number of benzene rings is 1. The highest BCUT2D eigenvalue weighted by molar-refractivity contribution is 5.98. The molecule has 0 unspecified atom stereocenters. The van der Waals surface area contributed by atoms with Gasteiger partial charge in [-0.2, -0.15) is 5.10 Å². The molecular formula is C26H29N5O3. The molecule has 0 fully saturated rings. The molecule has 0 spiro atoms. The number of nitrogens with zero attached hydrogens (tertiary/aromatic N) is 4. The van der Waals surface area contributed by atoms with Gasteiger partial charge in [0.05, 0.1) is 24.1 Å². The van der Waals surface area contributed by atoms with Crippen LogP contribution in [0.1, 0.15) is 54.8 Å². The Morgan fingerprint density at radius 2 is 1.91 bits per heavy atom. The third-order valence-electron chi connectivity index (χ3n) is 5.29. The number of pyridine rings is 2. The van der Waals surface area contributed by atoms with E-state index in [4.69, 9.17) is 9.47 Å². The Morgan fingerprint density at radius 3 is 2.65 bits per heavy atom. The van der Waals surface area contributed by atoms with Gasteiger partial charge in [-0.25, -0.2) is 14.6 Å². The summed E-state index contributed by atoms with van der Waals surface area (Å²) < 4.78 is 13.4. The number of aryl methyl sites for hydroxylation is 1. The van der Waals surface area contributed by atoms with Gasteiger partial charge in [-0.05, 0) is 63.6 Å². The molecule has 8 nitrogen and oxygen atoms in total. The Kier molecular flexibility index (Phi) is 7.06. The fourth-order valence-electron chi connectivity index (χ4n) is 3.53. The quantitative estimate of drug-likeness (QED) is 0.369. The molecular weight excluding hydrogens is 430 g/mol. The van der Waals surface area contributed by atoms with Gasteiger partial charge in [-0.1, -0.05) is 13.0 Å². The second-order valence-corrected chi connectivity index (χ2v) is 8.29. The molecule has 8 heteroatoms. The smallest absolute Gasteiger partial charge is 0.253 e. The molecule has 0 saturated carbocycles. The van der Waals surface area contributed by atoms with Crippen LogP contribution in [-0.2, 0) is 6.54 Å². The predicted octanol–water partition coefficient (Wildman–Crippen LogP) is 5.23. The third kappa shape index (κ3) is 5.17. The highest BCUT2D eigenvalue weighted by Gasteiger charge is 2.16. The number of hydrogen-bond donors (Lipinski definition) is 1. The molecule has 0 aliphatic carbocycles. The summed E-state index contributed by atoms with van der Waals surface area (Å²) in [6.45, 7) is 8.93. The van der Waals surface area contributed by atoms with Gasteiger partial charge in [-0.15, -0.1) is 0 Å². The van der Waals surface area contributed by atoms with Crippen LogP contribution in [0.5, 0.6) is 17.4 Å². The molecule has 0 aliphatic heterocycles. The van der Waals surface area contributed by atoms with Crippen LogP contribution in [0.3, 0.4) is 0 Å². The number of rotatable bonds is 9. The first kappa shape index (κ1) is 23.2. The summed E-state index contributed by atoms with van der Waals surface area (Å²) in [6, 6.07) is 13.1. The lowest BCUT2D eigenvalue weighted by Gasteiger charge is -2.12. The van der Waals surface area contributed by atoms with Gasteiger partial charge in [-0.3, -0.25) is 4.79 Å². The third-order valence-corrected chi connectivity index (χ3v) is 5.29. The molecule has 0 atom stereocenters. The fraction of sp³-hybridized carbons (Fsp3) is 0.308. The average molecular weight is 460 g/mol. The van der Waals surface area contributed by atoms with Crippen molar-refractivity contribution in [2.45, 2.75) is 46.7 Å². The monoisotopic (exact) mass is 459 g/mol. The molecule has 0 bridgehead atoms. The number of ether oxygens (including phenoxy) is 2. The number of aromatic nitrogens is 4. The largest absolute Gasteiger partial charge is 0.494 e. The Bertz CT molecular complexity index is 1280. The Hall–Kier alpha value is -3.94. The molecule has 1 N–H and O–H groups in total. The maximum absolute atomic E-state index is 13.0. The first-order valence-corrected chi connectivity index (χ1v) is 11.4. The first-order valence-electron chi connectivity index (χ1n) is 11.4. The van der Waals surface area contributed by atoms with Gasteiger partial charge < -0.3 is 14.8 Å². The number of carbonyl (C=O) groups is 1. The van der Waals surface area contributed by atoms with E-state index in [1.165, 1.54) is 0 Å². The Balaban J connectivity index is 1.46. The van der Waals surface area contributed by atoms with Crippen LogP contribution < -0.4 is 14.8 Å². The standard InChI is InChI=1S/C26H29N5O3/c1-5-13-33-21-8-10-22(11-9-21)34-26-19(7-6-12-27-26)15-28-25(32)23-14-20-16-29-31(17(2)3)24(20)30-18(23)4/h6-12,14,16-17H,5,13,15H2,1-4H3,(H,28,32). The van der Waals surface area contributed by atoms with E-state index in [-0.39, 0.29) is 18.5 Å². The van der Waals surface area contributed by atoms with E-state index in [9.17, 15) is 4.79 Å². The minimum absolute atomic E-state index is 0.188. The lowest BCUT2D eigenvalue weighted by molar-refractivity contribution is 0.0950. The minimum atomic E-state index is -0.212. The summed E-state index contributed by atoms with van der Waals surface area (Å²) in [5, 5.41) is 8.19. The van der Waals surface area contributed by atoms with Gasteiger partial charge in [0, 0.05) is 29.7 Å². The predicted molar refractivity (Wildman–Crippen MR) is 130 cm³/mol. The summed E-state index contributed by atoms with van der Waals surface area (Å²) in [5.74, 6) is 1.66. The van der Waals surface area contributed by atoms with Crippen LogP contribution in [0.15, 0.2) is 54.9 Å². The van der Waals surface area contributed by atoms with Crippen molar-refractivity contribution in [2.75, 3.05) is 6.61 Å². The van der Waals surface area contributed by atoms with E-state index in [1.807, 2.05) is 67.9 Å². The molecule has 176 valence electrons. The Labute approximate surface area is 198 Å². The summed E-state index contributed by atoms with van der Waals surface area (Å²) in [7, 11) is 0. The number of carbonyl (C=O) groups excluding carboxylic acids is 1. The maximum Gasteiger partial charge on any atom is 0.253 e. The van der Waals surface area contributed by atoms with E-state index in [0.717, 1.165) is 28.8 Å². The number of nitrogens with one attached hydrogen (secondary N) is 1. The van der Waals surface area contributed by atoms with Crippen LogP contribution in [0.2, 0.25) is 0 Å². The molecule has 1 aromatic carbocycles. The van der Waals surface area contributed by atoms with Crippen LogP contribution in [0.25, 0.3) is 11.0 Å². The zero-order valence-electron chi connectivity index (χ0n) is 19.9. The molecule has 4 aromatic rings.